The Hall–Kier alpha value is -3.20. The van der Waals surface area contributed by atoms with Crippen molar-refractivity contribution < 1.29 is 0 Å². The lowest BCUT2D eigenvalue weighted by molar-refractivity contribution is 0.687. The van der Waals surface area contributed by atoms with Crippen LogP contribution in [0.1, 0.15) is 16.8 Å². The molecule has 0 amide bonds. The minimum Gasteiger partial charge on any atom is -0.268 e. The molecule has 0 unspecified atom stereocenters. The third kappa shape index (κ3) is 3.25. The van der Waals surface area contributed by atoms with Gasteiger partial charge in [0.25, 0.3) is 0 Å². The molecule has 3 heteroatoms. The van der Waals surface area contributed by atoms with E-state index in [9.17, 15) is 0 Å². The summed E-state index contributed by atoms with van der Waals surface area (Å²) in [7, 11) is 0. The predicted molar refractivity (Wildman–Crippen MR) is 98.4 cm³/mol. The standard InChI is InChI=1S/C21H17N3/c1-2-6-17(7-3-1)15-24-16-18(14-22-24)10-12-20-13-11-19-8-4-5-9-21(19)23-20/h1-14,16H,15H2. The fourth-order valence-corrected chi connectivity index (χ4v) is 2.68. The fraction of sp³-hybridized carbons (Fsp3) is 0.0476. The zero-order valence-corrected chi connectivity index (χ0v) is 13.2. The van der Waals surface area contributed by atoms with Crippen LogP contribution in [-0.2, 0) is 6.54 Å². The number of fused-ring (bicyclic) bond motifs is 1. The fourth-order valence-electron chi connectivity index (χ4n) is 2.68. The van der Waals surface area contributed by atoms with Gasteiger partial charge < -0.3 is 0 Å². The molecule has 4 aromatic rings. The maximum Gasteiger partial charge on any atom is 0.0709 e. The van der Waals surface area contributed by atoms with Crippen LogP contribution in [0.3, 0.4) is 0 Å². The predicted octanol–water partition coefficient (Wildman–Crippen LogP) is 4.65. The Morgan fingerprint density at radius 2 is 1.67 bits per heavy atom. The lowest BCUT2D eigenvalue weighted by Crippen LogP contribution is -1.99. The van der Waals surface area contributed by atoms with E-state index in [0.29, 0.717) is 0 Å². The Labute approximate surface area is 140 Å². The molecule has 2 aromatic carbocycles. The highest BCUT2D eigenvalue weighted by Crippen LogP contribution is 2.14. The van der Waals surface area contributed by atoms with Crippen LogP contribution in [0.2, 0.25) is 0 Å². The van der Waals surface area contributed by atoms with Gasteiger partial charge in [-0.2, -0.15) is 5.10 Å². The molecular weight excluding hydrogens is 294 g/mol. The van der Waals surface area contributed by atoms with Gasteiger partial charge >= 0.3 is 0 Å². The van der Waals surface area contributed by atoms with Gasteiger partial charge in [0.05, 0.1) is 24.0 Å². The molecule has 0 saturated heterocycles. The lowest BCUT2D eigenvalue weighted by atomic mass is 10.2. The molecule has 0 radical (unpaired) electrons. The molecule has 0 spiro atoms. The molecule has 0 N–H and O–H groups in total. The van der Waals surface area contributed by atoms with Crippen molar-refractivity contribution in [3.05, 3.63) is 95.9 Å². The first kappa shape index (κ1) is 14.4. The number of rotatable bonds is 4. The number of hydrogen-bond acceptors (Lipinski definition) is 2. The van der Waals surface area contributed by atoms with Crippen molar-refractivity contribution >= 4 is 23.1 Å². The topological polar surface area (TPSA) is 30.7 Å². The van der Waals surface area contributed by atoms with Gasteiger partial charge in [0.1, 0.15) is 0 Å². The lowest BCUT2D eigenvalue weighted by Gasteiger charge is -2.00. The maximum atomic E-state index is 4.65. The molecule has 24 heavy (non-hydrogen) atoms. The largest absolute Gasteiger partial charge is 0.268 e. The molecule has 0 fully saturated rings. The second-order valence-electron chi connectivity index (χ2n) is 5.72. The molecular formula is C21H17N3. The van der Waals surface area contributed by atoms with E-state index in [1.54, 1.807) is 0 Å². The molecule has 0 bridgehead atoms. The number of para-hydroxylation sites is 1. The van der Waals surface area contributed by atoms with Crippen LogP contribution in [-0.4, -0.2) is 14.8 Å². The summed E-state index contributed by atoms with van der Waals surface area (Å²) in [5, 5.41) is 5.58. The van der Waals surface area contributed by atoms with E-state index in [1.165, 1.54) is 5.56 Å². The van der Waals surface area contributed by atoms with Crippen molar-refractivity contribution in [2.75, 3.05) is 0 Å². The number of benzene rings is 2. The van der Waals surface area contributed by atoms with Gasteiger partial charge in [-0.25, -0.2) is 4.98 Å². The zero-order valence-electron chi connectivity index (χ0n) is 13.2. The maximum absolute atomic E-state index is 4.65. The summed E-state index contributed by atoms with van der Waals surface area (Å²) < 4.78 is 1.95. The van der Waals surface area contributed by atoms with Crippen molar-refractivity contribution in [3.63, 3.8) is 0 Å². The van der Waals surface area contributed by atoms with Crippen molar-refractivity contribution in [2.24, 2.45) is 0 Å². The minimum atomic E-state index is 0.781. The first-order chi connectivity index (χ1) is 11.9. The van der Waals surface area contributed by atoms with Gasteiger partial charge in [-0.05, 0) is 29.8 Å². The highest BCUT2D eigenvalue weighted by molar-refractivity contribution is 5.80. The summed E-state index contributed by atoms with van der Waals surface area (Å²) in [5.74, 6) is 0. The monoisotopic (exact) mass is 311 g/mol. The number of hydrogen-bond donors (Lipinski definition) is 0. The molecule has 0 aliphatic rings. The van der Waals surface area contributed by atoms with E-state index < -0.39 is 0 Å². The number of nitrogens with zero attached hydrogens (tertiary/aromatic N) is 3. The highest BCUT2D eigenvalue weighted by atomic mass is 15.3. The first-order valence-electron chi connectivity index (χ1n) is 7.97. The molecule has 0 aliphatic heterocycles. The van der Waals surface area contributed by atoms with Gasteiger partial charge in [0.15, 0.2) is 0 Å². The highest BCUT2D eigenvalue weighted by Gasteiger charge is 1.98. The minimum absolute atomic E-state index is 0.781. The quantitative estimate of drug-likeness (QED) is 0.549. The average Bonchev–Trinajstić information content (AvgIpc) is 3.08. The molecule has 0 atom stereocenters. The van der Waals surface area contributed by atoms with Crippen LogP contribution in [0.5, 0.6) is 0 Å². The van der Waals surface area contributed by atoms with Crippen molar-refractivity contribution in [3.8, 4) is 0 Å². The van der Waals surface area contributed by atoms with Gasteiger partial charge in [-0.1, -0.05) is 54.6 Å². The summed E-state index contributed by atoms with van der Waals surface area (Å²) in [6.45, 7) is 0.781. The Morgan fingerprint density at radius 3 is 2.58 bits per heavy atom. The molecule has 4 rings (SSSR count). The molecule has 3 nitrogen and oxygen atoms in total. The second kappa shape index (κ2) is 6.50. The third-order valence-corrected chi connectivity index (χ3v) is 3.91. The Bertz CT molecular complexity index is 984. The van der Waals surface area contributed by atoms with Crippen LogP contribution in [0, 0.1) is 0 Å². The summed E-state index contributed by atoms with van der Waals surface area (Å²) >= 11 is 0. The van der Waals surface area contributed by atoms with E-state index in [0.717, 1.165) is 28.7 Å². The normalized spacial score (nSPS) is 11.3. The molecule has 0 aliphatic carbocycles. The van der Waals surface area contributed by atoms with E-state index in [4.69, 9.17) is 0 Å². The number of aromatic nitrogens is 3. The van der Waals surface area contributed by atoms with E-state index in [1.807, 2.05) is 71.7 Å². The van der Waals surface area contributed by atoms with E-state index in [2.05, 4.69) is 34.3 Å². The number of pyridine rings is 1. The first-order valence-corrected chi connectivity index (χ1v) is 7.97. The summed E-state index contributed by atoms with van der Waals surface area (Å²) in [4.78, 5) is 4.65. The van der Waals surface area contributed by atoms with Crippen molar-refractivity contribution in [1.29, 1.82) is 0 Å². The van der Waals surface area contributed by atoms with Gasteiger partial charge in [0.2, 0.25) is 0 Å². The molecule has 2 heterocycles. The Balaban J connectivity index is 1.51. The van der Waals surface area contributed by atoms with Gasteiger partial charge in [-0.15, -0.1) is 0 Å². The van der Waals surface area contributed by atoms with E-state index >= 15 is 0 Å². The third-order valence-electron chi connectivity index (χ3n) is 3.91. The summed E-state index contributed by atoms with van der Waals surface area (Å²) in [5.41, 5.74) is 4.28. The van der Waals surface area contributed by atoms with Crippen LogP contribution in [0.15, 0.2) is 79.1 Å². The van der Waals surface area contributed by atoms with Crippen molar-refractivity contribution in [1.82, 2.24) is 14.8 Å². The Morgan fingerprint density at radius 1 is 0.833 bits per heavy atom. The van der Waals surface area contributed by atoms with E-state index in [-0.39, 0.29) is 0 Å². The molecule has 0 saturated carbocycles. The van der Waals surface area contributed by atoms with Crippen LogP contribution in [0.4, 0.5) is 0 Å². The zero-order chi connectivity index (χ0) is 16.2. The SMILES string of the molecule is C(=Cc1ccc2ccccc2n1)c1cnn(Cc2ccccc2)c1. The molecule has 2 aromatic heterocycles. The van der Waals surface area contributed by atoms with Gasteiger partial charge in [0, 0.05) is 17.1 Å². The van der Waals surface area contributed by atoms with Crippen LogP contribution < -0.4 is 0 Å². The average molecular weight is 311 g/mol. The summed E-state index contributed by atoms with van der Waals surface area (Å²) in [6.07, 6.45) is 7.99. The second-order valence-corrected chi connectivity index (χ2v) is 5.72. The van der Waals surface area contributed by atoms with Crippen molar-refractivity contribution in [2.45, 2.75) is 6.54 Å². The smallest absolute Gasteiger partial charge is 0.0709 e. The molecule has 116 valence electrons. The van der Waals surface area contributed by atoms with Crippen LogP contribution in [0.25, 0.3) is 23.1 Å². The summed E-state index contributed by atoms with van der Waals surface area (Å²) in [6, 6.07) is 22.6. The van der Waals surface area contributed by atoms with Gasteiger partial charge in [-0.3, -0.25) is 4.68 Å². The van der Waals surface area contributed by atoms with Crippen LogP contribution >= 0.6 is 0 Å². The Kier molecular flexibility index (Phi) is 3.90.